The molecule has 0 fully saturated rings. The first kappa shape index (κ1) is 13.4. The Bertz CT molecular complexity index is 866. The first-order valence-electron chi connectivity index (χ1n) is 7.03. The molecule has 3 nitrogen and oxygen atoms in total. The lowest BCUT2D eigenvalue weighted by Gasteiger charge is -2.06. The van der Waals surface area contributed by atoms with Crippen molar-refractivity contribution in [1.82, 2.24) is 9.38 Å². The average molecular weight is 275 g/mol. The summed E-state index contributed by atoms with van der Waals surface area (Å²) >= 11 is 0. The van der Waals surface area contributed by atoms with Crippen molar-refractivity contribution in [1.29, 1.82) is 5.26 Å². The highest BCUT2D eigenvalue weighted by Crippen LogP contribution is 2.27. The van der Waals surface area contributed by atoms with Crippen LogP contribution in [0.1, 0.15) is 22.5 Å². The Morgan fingerprint density at radius 1 is 1.10 bits per heavy atom. The van der Waals surface area contributed by atoms with Gasteiger partial charge in [0, 0.05) is 11.3 Å². The molecule has 0 N–H and O–H groups in total. The van der Waals surface area contributed by atoms with Gasteiger partial charge in [-0.15, -0.1) is 0 Å². The van der Waals surface area contributed by atoms with Gasteiger partial charge in [0.25, 0.3) is 0 Å². The third kappa shape index (κ3) is 2.19. The molecule has 1 aromatic carbocycles. The van der Waals surface area contributed by atoms with E-state index in [0.29, 0.717) is 6.42 Å². The number of aromatic nitrogens is 2. The summed E-state index contributed by atoms with van der Waals surface area (Å²) < 4.78 is 2.08. The van der Waals surface area contributed by atoms with Crippen molar-refractivity contribution in [3.8, 4) is 17.3 Å². The van der Waals surface area contributed by atoms with E-state index in [1.54, 1.807) is 0 Å². The number of hydrogen-bond acceptors (Lipinski definition) is 2. The van der Waals surface area contributed by atoms with Gasteiger partial charge in [-0.1, -0.05) is 18.2 Å². The van der Waals surface area contributed by atoms with Crippen LogP contribution >= 0.6 is 0 Å². The molecule has 3 rings (SSSR count). The monoisotopic (exact) mass is 275 g/mol. The minimum Gasteiger partial charge on any atom is -0.300 e. The minimum absolute atomic E-state index is 0.355. The van der Waals surface area contributed by atoms with Crippen molar-refractivity contribution in [2.75, 3.05) is 0 Å². The number of imidazole rings is 1. The molecule has 104 valence electrons. The van der Waals surface area contributed by atoms with Crippen molar-refractivity contribution in [3.05, 3.63) is 58.9 Å². The van der Waals surface area contributed by atoms with E-state index in [-0.39, 0.29) is 0 Å². The number of rotatable bonds is 2. The van der Waals surface area contributed by atoms with Crippen LogP contribution in [-0.2, 0) is 6.42 Å². The van der Waals surface area contributed by atoms with Gasteiger partial charge in [0.05, 0.1) is 23.9 Å². The highest BCUT2D eigenvalue weighted by atomic mass is 15.0. The highest BCUT2D eigenvalue weighted by Gasteiger charge is 2.15. The molecule has 0 aliphatic rings. The summed E-state index contributed by atoms with van der Waals surface area (Å²) in [6.45, 7) is 6.24. The summed E-state index contributed by atoms with van der Waals surface area (Å²) in [5, 5.41) is 9.17. The molecule has 3 aromatic rings. The normalized spacial score (nSPS) is 10.8. The Kier molecular flexibility index (Phi) is 3.23. The van der Waals surface area contributed by atoms with Gasteiger partial charge in [-0.3, -0.25) is 4.40 Å². The number of pyridine rings is 1. The van der Waals surface area contributed by atoms with Crippen molar-refractivity contribution < 1.29 is 0 Å². The lowest BCUT2D eigenvalue weighted by molar-refractivity contribution is 1.00. The van der Waals surface area contributed by atoms with E-state index in [1.165, 1.54) is 11.1 Å². The summed E-state index contributed by atoms with van der Waals surface area (Å²) in [7, 11) is 0. The molecule has 0 spiro atoms. The summed E-state index contributed by atoms with van der Waals surface area (Å²) in [6, 6.07) is 14.6. The summed E-state index contributed by atoms with van der Waals surface area (Å²) in [5.74, 6) is 0. The fourth-order valence-corrected chi connectivity index (χ4v) is 2.68. The molecule has 0 aliphatic heterocycles. The molecule has 0 saturated heterocycles. The van der Waals surface area contributed by atoms with E-state index in [4.69, 9.17) is 10.2 Å². The Morgan fingerprint density at radius 2 is 1.90 bits per heavy atom. The fourth-order valence-electron chi connectivity index (χ4n) is 2.68. The van der Waals surface area contributed by atoms with Gasteiger partial charge in [0.15, 0.2) is 0 Å². The van der Waals surface area contributed by atoms with Gasteiger partial charge in [-0.05, 0) is 50.1 Å². The maximum atomic E-state index is 9.17. The smallest absolute Gasteiger partial charge is 0.137 e. The van der Waals surface area contributed by atoms with E-state index in [9.17, 15) is 0 Å². The first-order valence-corrected chi connectivity index (χ1v) is 7.03. The minimum atomic E-state index is 0.355. The number of nitriles is 1. The lowest BCUT2D eigenvalue weighted by atomic mass is 10.0. The molecule has 0 amide bonds. The van der Waals surface area contributed by atoms with Gasteiger partial charge < -0.3 is 0 Å². The van der Waals surface area contributed by atoms with Crippen LogP contribution in [0.25, 0.3) is 16.9 Å². The molecule has 0 radical (unpaired) electrons. The molecule has 2 aromatic heterocycles. The van der Waals surface area contributed by atoms with E-state index in [1.807, 2.05) is 25.1 Å². The van der Waals surface area contributed by atoms with Crippen LogP contribution in [0.5, 0.6) is 0 Å². The largest absolute Gasteiger partial charge is 0.300 e. The van der Waals surface area contributed by atoms with E-state index >= 15 is 0 Å². The van der Waals surface area contributed by atoms with Crippen LogP contribution in [-0.4, -0.2) is 9.38 Å². The summed E-state index contributed by atoms with van der Waals surface area (Å²) in [5.41, 5.74) is 7.45. The van der Waals surface area contributed by atoms with Crippen LogP contribution in [0.15, 0.2) is 36.4 Å². The predicted octanol–water partition coefficient (Wildman–Crippen LogP) is 3.99. The number of fused-ring (bicyclic) bond motifs is 1. The predicted molar refractivity (Wildman–Crippen MR) is 84.2 cm³/mol. The zero-order chi connectivity index (χ0) is 15.0. The molecule has 0 saturated carbocycles. The van der Waals surface area contributed by atoms with Crippen molar-refractivity contribution in [3.63, 3.8) is 0 Å². The van der Waals surface area contributed by atoms with E-state index < -0.39 is 0 Å². The summed E-state index contributed by atoms with van der Waals surface area (Å²) in [4.78, 5) is 4.74. The Morgan fingerprint density at radius 3 is 2.62 bits per heavy atom. The third-order valence-electron chi connectivity index (χ3n) is 3.96. The second-order valence-electron chi connectivity index (χ2n) is 5.40. The molecule has 0 atom stereocenters. The van der Waals surface area contributed by atoms with Crippen LogP contribution < -0.4 is 0 Å². The molecule has 0 aliphatic carbocycles. The second kappa shape index (κ2) is 5.06. The zero-order valence-corrected chi connectivity index (χ0v) is 12.5. The van der Waals surface area contributed by atoms with E-state index in [0.717, 1.165) is 28.3 Å². The standard InChI is InChI=1S/C18H17N3/c1-12-7-8-15(11-13(12)2)18-16(9-10-19)21-14(3)5-4-6-17(21)20-18/h4-8,11H,9H2,1-3H3. The quantitative estimate of drug-likeness (QED) is 0.709. The first-order chi connectivity index (χ1) is 10.1. The zero-order valence-electron chi connectivity index (χ0n) is 12.5. The molecular weight excluding hydrogens is 258 g/mol. The Balaban J connectivity index is 2.31. The van der Waals surface area contributed by atoms with Gasteiger partial charge in [-0.2, -0.15) is 5.26 Å². The van der Waals surface area contributed by atoms with Crippen LogP contribution in [0.2, 0.25) is 0 Å². The molecule has 3 heteroatoms. The molecule has 21 heavy (non-hydrogen) atoms. The third-order valence-corrected chi connectivity index (χ3v) is 3.96. The lowest BCUT2D eigenvalue weighted by Crippen LogP contribution is -1.97. The van der Waals surface area contributed by atoms with Crippen LogP contribution in [0.3, 0.4) is 0 Å². The number of benzene rings is 1. The summed E-state index contributed by atoms with van der Waals surface area (Å²) in [6.07, 6.45) is 0.355. The SMILES string of the molecule is Cc1ccc(-c2nc3cccc(C)n3c2CC#N)cc1C. The topological polar surface area (TPSA) is 41.1 Å². The molecule has 0 bridgehead atoms. The van der Waals surface area contributed by atoms with Crippen molar-refractivity contribution >= 4 is 5.65 Å². The molecular formula is C18H17N3. The van der Waals surface area contributed by atoms with E-state index in [2.05, 4.69) is 42.5 Å². The molecule has 0 unspecified atom stereocenters. The number of nitrogens with zero attached hydrogens (tertiary/aromatic N) is 3. The van der Waals surface area contributed by atoms with Gasteiger partial charge >= 0.3 is 0 Å². The Hall–Kier alpha value is -2.60. The maximum Gasteiger partial charge on any atom is 0.137 e. The second-order valence-corrected chi connectivity index (χ2v) is 5.40. The van der Waals surface area contributed by atoms with Crippen molar-refractivity contribution in [2.24, 2.45) is 0 Å². The van der Waals surface area contributed by atoms with Crippen LogP contribution in [0, 0.1) is 32.1 Å². The maximum absolute atomic E-state index is 9.17. The number of hydrogen-bond donors (Lipinski definition) is 0. The molecule has 2 heterocycles. The van der Waals surface area contributed by atoms with Gasteiger partial charge in [0.2, 0.25) is 0 Å². The average Bonchev–Trinajstić information content (AvgIpc) is 2.83. The van der Waals surface area contributed by atoms with Gasteiger partial charge in [0.1, 0.15) is 5.65 Å². The number of aryl methyl sites for hydroxylation is 3. The fraction of sp³-hybridized carbons (Fsp3) is 0.222. The van der Waals surface area contributed by atoms with Gasteiger partial charge in [-0.25, -0.2) is 4.98 Å². The van der Waals surface area contributed by atoms with Crippen LogP contribution in [0.4, 0.5) is 0 Å². The Labute approximate surface area is 124 Å². The van der Waals surface area contributed by atoms with Crippen molar-refractivity contribution in [2.45, 2.75) is 27.2 Å². The highest BCUT2D eigenvalue weighted by molar-refractivity contribution is 5.68.